The van der Waals surface area contributed by atoms with Gasteiger partial charge in [0.15, 0.2) is 0 Å². The summed E-state index contributed by atoms with van der Waals surface area (Å²) in [6.45, 7) is 1.24. The smallest absolute Gasteiger partial charge is 0.274 e. The van der Waals surface area contributed by atoms with E-state index in [4.69, 9.17) is 15.2 Å². The number of likely N-dealkylation sites (tertiary alicyclic amines) is 1. The quantitative estimate of drug-likeness (QED) is 0.772. The van der Waals surface area contributed by atoms with Crippen molar-refractivity contribution in [1.82, 2.24) is 19.3 Å². The topological polar surface area (TPSA) is 95.0 Å². The Hall–Kier alpha value is -2.87. The van der Waals surface area contributed by atoms with Gasteiger partial charge < -0.3 is 20.1 Å². The molecule has 25 heavy (non-hydrogen) atoms. The standard InChI is InChI=1S/C17H19N5O3/c1-24-10-6-7-21(8-10)16(23)12-9-22-15(19-12)11-4-3-5-13(25-2)14(11)20-17(22)18/h3-5,9-10H,6-8H2,1-2H3,(H2,18,20)/t10-/m0/s1. The number of methoxy groups -OCH3 is 2. The van der Waals surface area contributed by atoms with Crippen LogP contribution in [0.4, 0.5) is 5.95 Å². The predicted octanol–water partition coefficient (Wildman–Crippen LogP) is 1.33. The van der Waals surface area contributed by atoms with Crippen LogP contribution in [0.25, 0.3) is 16.6 Å². The van der Waals surface area contributed by atoms with Crippen molar-refractivity contribution in [3.8, 4) is 5.75 Å². The van der Waals surface area contributed by atoms with Crippen LogP contribution < -0.4 is 10.5 Å². The second kappa shape index (κ2) is 5.89. The van der Waals surface area contributed by atoms with Gasteiger partial charge in [-0.3, -0.25) is 9.20 Å². The normalized spacial score (nSPS) is 17.5. The molecule has 0 aliphatic carbocycles. The van der Waals surface area contributed by atoms with Gasteiger partial charge in [0, 0.05) is 31.8 Å². The molecule has 1 aliphatic heterocycles. The molecule has 0 bridgehead atoms. The molecule has 1 aliphatic rings. The van der Waals surface area contributed by atoms with Gasteiger partial charge in [-0.15, -0.1) is 0 Å². The van der Waals surface area contributed by atoms with E-state index in [0.717, 1.165) is 11.8 Å². The summed E-state index contributed by atoms with van der Waals surface area (Å²) in [5.74, 6) is 0.749. The first kappa shape index (κ1) is 15.6. The number of carbonyl (C=O) groups excluding carboxylic acids is 1. The van der Waals surface area contributed by atoms with Gasteiger partial charge in [-0.05, 0) is 18.6 Å². The second-order valence-corrected chi connectivity index (χ2v) is 6.04. The SMILES string of the molecule is COc1cccc2c1nc(N)n1cc(C(=O)N3CC[C@H](OC)C3)nc21. The molecule has 1 fully saturated rings. The predicted molar refractivity (Wildman–Crippen MR) is 92.8 cm³/mol. The summed E-state index contributed by atoms with van der Waals surface area (Å²) in [6, 6.07) is 5.56. The van der Waals surface area contributed by atoms with Crippen LogP contribution in [0, 0.1) is 0 Å². The van der Waals surface area contributed by atoms with Crippen LogP contribution in [-0.4, -0.2) is 58.6 Å². The minimum Gasteiger partial charge on any atom is -0.494 e. The molecule has 1 amide bonds. The molecule has 8 nitrogen and oxygen atoms in total. The number of ether oxygens (including phenoxy) is 2. The van der Waals surface area contributed by atoms with Crippen LogP contribution in [0.2, 0.25) is 0 Å². The molecule has 1 aromatic carbocycles. The fourth-order valence-electron chi connectivity index (χ4n) is 3.27. The molecule has 130 valence electrons. The molecule has 4 rings (SSSR count). The van der Waals surface area contributed by atoms with Crippen molar-refractivity contribution in [3.63, 3.8) is 0 Å². The number of para-hydroxylation sites is 1. The number of hydrogen-bond donors (Lipinski definition) is 1. The van der Waals surface area contributed by atoms with Crippen molar-refractivity contribution in [2.75, 3.05) is 33.0 Å². The summed E-state index contributed by atoms with van der Waals surface area (Å²) in [5.41, 5.74) is 7.63. The Kier molecular flexibility index (Phi) is 3.69. The van der Waals surface area contributed by atoms with Crippen molar-refractivity contribution in [1.29, 1.82) is 0 Å². The van der Waals surface area contributed by atoms with Crippen LogP contribution >= 0.6 is 0 Å². The first-order chi connectivity index (χ1) is 12.1. The average Bonchev–Trinajstić information content (AvgIpc) is 3.28. The number of benzene rings is 1. The lowest BCUT2D eigenvalue weighted by molar-refractivity contribution is 0.0719. The van der Waals surface area contributed by atoms with Gasteiger partial charge in [0.05, 0.1) is 13.2 Å². The van der Waals surface area contributed by atoms with Crippen LogP contribution in [0.1, 0.15) is 16.9 Å². The van der Waals surface area contributed by atoms with Gasteiger partial charge in [-0.1, -0.05) is 6.07 Å². The third-order valence-corrected chi connectivity index (χ3v) is 4.62. The maximum Gasteiger partial charge on any atom is 0.274 e. The molecule has 2 aromatic heterocycles. The lowest BCUT2D eigenvalue weighted by Gasteiger charge is -2.14. The number of fused-ring (bicyclic) bond motifs is 3. The Balaban J connectivity index is 1.81. The zero-order chi connectivity index (χ0) is 17.6. The highest BCUT2D eigenvalue weighted by molar-refractivity contribution is 5.99. The summed E-state index contributed by atoms with van der Waals surface area (Å²) in [6.07, 6.45) is 2.55. The van der Waals surface area contributed by atoms with Crippen molar-refractivity contribution in [2.45, 2.75) is 12.5 Å². The molecule has 0 saturated carbocycles. The molecule has 0 unspecified atom stereocenters. The van der Waals surface area contributed by atoms with E-state index in [1.807, 2.05) is 18.2 Å². The molecule has 3 aromatic rings. The second-order valence-electron chi connectivity index (χ2n) is 6.04. The molecular formula is C17H19N5O3. The number of anilines is 1. The van der Waals surface area contributed by atoms with Gasteiger partial charge in [-0.25, -0.2) is 9.97 Å². The molecular weight excluding hydrogens is 322 g/mol. The highest BCUT2D eigenvalue weighted by Gasteiger charge is 2.28. The van der Waals surface area contributed by atoms with E-state index >= 15 is 0 Å². The number of nitrogens with two attached hydrogens (primary N) is 1. The number of amides is 1. The fourth-order valence-corrected chi connectivity index (χ4v) is 3.27. The van der Waals surface area contributed by atoms with Crippen molar-refractivity contribution in [3.05, 3.63) is 30.1 Å². The minimum atomic E-state index is -0.126. The molecule has 0 radical (unpaired) electrons. The number of aromatic nitrogens is 3. The van der Waals surface area contributed by atoms with Gasteiger partial charge in [0.25, 0.3) is 5.91 Å². The fraction of sp³-hybridized carbons (Fsp3) is 0.353. The first-order valence-electron chi connectivity index (χ1n) is 8.05. The highest BCUT2D eigenvalue weighted by Crippen LogP contribution is 2.28. The molecule has 3 heterocycles. The molecule has 1 atom stereocenters. The zero-order valence-corrected chi connectivity index (χ0v) is 14.1. The van der Waals surface area contributed by atoms with Crippen molar-refractivity contribution in [2.24, 2.45) is 0 Å². The third kappa shape index (κ3) is 2.45. The van der Waals surface area contributed by atoms with Crippen LogP contribution in [0.3, 0.4) is 0 Å². The summed E-state index contributed by atoms with van der Waals surface area (Å²) < 4.78 is 12.3. The Morgan fingerprint density at radius 1 is 1.32 bits per heavy atom. The minimum absolute atomic E-state index is 0.0813. The van der Waals surface area contributed by atoms with E-state index in [1.54, 1.807) is 29.7 Å². The number of imidazole rings is 1. The van der Waals surface area contributed by atoms with Gasteiger partial charge >= 0.3 is 0 Å². The third-order valence-electron chi connectivity index (χ3n) is 4.62. The van der Waals surface area contributed by atoms with E-state index in [2.05, 4.69) is 9.97 Å². The summed E-state index contributed by atoms with van der Waals surface area (Å²) in [7, 11) is 3.24. The highest BCUT2D eigenvalue weighted by atomic mass is 16.5. The van der Waals surface area contributed by atoms with E-state index in [-0.39, 0.29) is 18.0 Å². The molecule has 2 N–H and O–H groups in total. The van der Waals surface area contributed by atoms with E-state index in [1.165, 1.54) is 0 Å². The molecule has 8 heteroatoms. The Bertz CT molecular complexity index is 968. The van der Waals surface area contributed by atoms with Gasteiger partial charge in [0.2, 0.25) is 5.95 Å². The van der Waals surface area contributed by atoms with Crippen LogP contribution in [0.15, 0.2) is 24.4 Å². The van der Waals surface area contributed by atoms with Crippen molar-refractivity contribution >= 4 is 28.4 Å². The lowest BCUT2D eigenvalue weighted by Crippen LogP contribution is -2.30. The number of rotatable bonds is 3. The summed E-state index contributed by atoms with van der Waals surface area (Å²) >= 11 is 0. The van der Waals surface area contributed by atoms with Crippen molar-refractivity contribution < 1.29 is 14.3 Å². The van der Waals surface area contributed by atoms with E-state index in [0.29, 0.717) is 35.7 Å². The van der Waals surface area contributed by atoms with Crippen LogP contribution in [0.5, 0.6) is 5.75 Å². The van der Waals surface area contributed by atoms with Crippen LogP contribution in [-0.2, 0) is 4.74 Å². The largest absolute Gasteiger partial charge is 0.494 e. The number of nitrogen functional groups attached to an aromatic ring is 1. The Labute approximate surface area is 144 Å². The maximum absolute atomic E-state index is 12.8. The number of carbonyl (C=O) groups is 1. The number of nitrogens with zero attached hydrogens (tertiary/aromatic N) is 4. The molecule has 0 spiro atoms. The van der Waals surface area contributed by atoms with E-state index in [9.17, 15) is 4.79 Å². The monoisotopic (exact) mass is 341 g/mol. The summed E-state index contributed by atoms with van der Waals surface area (Å²) in [5, 5.41) is 0.781. The zero-order valence-electron chi connectivity index (χ0n) is 14.1. The summed E-state index contributed by atoms with van der Waals surface area (Å²) in [4.78, 5) is 23.4. The Morgan fingerprint density at radius 3 is 2.88 bits per heavy atom. The average molecular weight is 341 g/mol. The van der Waals surface area contributed by atoms with Gasteiger partial charge in [-0.2, -0.15) is 0 Å². The van der Waals surface area contributed by atoms with Gasteiger partial charge in [0.1, 0.15) is 22.6 Å². The maximum atomic E-state index is 12.8. The number of hydrogen-bond acceptors (Lipinski definition) is 6. The first-order valence-corrected chi connectivity index (χ1v) is 8.05. The van der Waals surface area contributed by atoms with E-state index < -0.39 is 0 Å². The Morgan fingerprint density at radius 2 is 2.16 bits per heavy atom. The molecule has 1 saturated heterocycles. The lowest BCUT2D eigenvalue weighted by atomic mass is 10.2.